The van der Waals surface area contributed by atoms with Crippen LogP contribution in [0.4, 0.5) is 0 Å². The number of para-hydroxylation sites is 1. The van der Waals surface area contributed by atoms with E-state index in [1.165, 1.54) is 12.5 Å². The standard InChI is InChI=1S/C19H14ClN5O/c20-15-8-4-7-14-16(12-5-2-1-3-6-12)18(24-17(14)15)19(26)25-23-10-13-9-21-11-22-13/h1-11,24H,(H,21,22)(H,25,26). The number of hydrazone groups is 1. The summed E-state index contributed by atoms with van der Waals surface area (Å²) in [5, 5.41) is 5.40. The number of H-pyrrole nitrogens is 2. The number of nitrogens with one attached hydrogen (secondary N) is 3. The fraction of sp³-hybridized carbons (Fsp3) is 0. The van der Waals surface area contributed by atoms with Crippen molar-refractivity contribution in [3.05, 3.63) is 77.5 Å². The molecule has 2 aromatic heterocycles. The number of benzene rings is 2. The molecule has 0 atom stereocenters. The Morgan fingerprint density at radius 3 is 2.77 bits per heavy atom. The van der Waals surface area contributed by atoms with Gasteiger partial charge in [0.25, 0.3) is 5.91 Å². The summed E-state index contributed by atoms with van der Waals surface area (Å²) in [6, 6.07) is 15.3. The monoisotopic (exact) mass is 363 g/mol. The van der Waals surface area contributed by atoms with Gasteiger partial charge in [-0.1, -0.05) is 54.1 Å². The molecule has 0 spiro atoms. The molecule has 0 aliphatic carbocycles. The molecule has 0 fully saturated rings. The zero-order chi connectivity index (χ0) is 17.9. The van der Waals surface area contributed by atoms with E-state index in [9.17, 15) is 4.79 Å². The van der Waals surface area contributed by atoms with Gasteiger partial charge in [0.15, 0.2) is 0 Å². The minimum Gasteiger partial charge on any atom is -0.349 e. The van der Waals surface area contributed by atoms with E-state index >= 15 is 0 Å². The Hall–Kier alpha value is -3.38. The Labute approximate surface area is 153 Å². The molecule has 6 nitrogen and oxygen atoms in total. The molecule has 0 radical (unpaired) electrons. The van der Waals surface area contributed by atoms with Gasteiger partial charge < -0.3 is 9.97 Å². The Morgan fingerprint density at radius 1 is 1.15 bits per heavy atom. The SMILES string of the molecule is O=C(NN=Cc1cnc[nH]1)c1[nH]c2c(Cl)cccc2c1-c1ccccc1. The van der Waals surface area contributed by atoms with E-state index < -0.39 is 0 Å². The number of amides is 1. The molecule has 0 saturated carbocycles. The van der Waals surface area contributed by atoms with Crippen LogP contribution in [0.5, 0.6) is 0 Å². The molecule has 2 aromatic carbocycles. The van der Waals surface area contributed by atoms with Crippen LogP contribution in [0.2, 0.25) is 5.02 Å². The van der Waals surface area contributed by atoms with Crippen molar-refractivity contribution in [2.24, 2.45) is 5.10 Å². The number of aromatic amines is 2. The lowest BCUT2D eigenvalue weighted by Crippen LogP contribution is -2.18. The van der Waals surface area contributed by atoms with E-state index in [-0.39, 0.29) is 5.91 Å². The Bertz CT molecular complexity index is 1080. The van der Waals surface area contributed by atoms with E-state index in [1.807, 2.05) is 42.5 Å². The number of fused-ring (bicyclic) bond motifs is 1. The predicted octanol–water partition coefficient (Wildman–Crippen LogP) is 3.98. The van der Waals surface area contributed by atoms with Crippen LogP contribution in [0.25, 0.3) is 22.0 Å². The van der Waals surface area contributed by atoms with Gasteiger partial charge in [-0.2, -0.15) is 5.10 Å². The van der Waals surface area contributed by atoms with Gasteiger partial charge in [0.1, 0.15) is 5.69 Å². The van der Waals surface area contributed by atoms with Gasteiger partial charge in [-0.3, -0.25) is 4.79 Å². The van der Waals surface area contributed by atoms with Crippen LogP contribution in [0.15, 0.2) is 66.2 Å². The van der Waals surface area contributed by atoms with Gasteiger partial charge in [0.05, 0.1) is 35.0 Å². The van der Waals surface area contributed by atoms with Crippen molar-refractivity contribution < 1.29 is 4.79 Å². The number of hydrogen-bond donors (Lipinski definition) is 3. The topological polar surface area (TPSA) is 85.9 Å². The van der Waals surface area contributed by atoms with Gasteiger partial charge in [-0.05, 0) is 11.6 Å². The maximum Gasteiger partial charge on any atom is 0.288 e. The van der Waals surface area contributed by atoms with Crippen molar-refractivity contribution in [2.45, 2.75) is 0 Å². The number of halogens is 1. The molecule has 0 aliphatic rings. The van der Waals surface area contributed by atoms with Gasteiger partial charge >= 0.3 is 0 Å². The molecule has 0 bridgehead atoms. The highest BCUT2D eigenvalue weighted by molar-refractivity contribution is 6.36. The molecule has 4 rings (SSSR count). The largest absolute Gasteiger partial charge is 0.349 e. The third kappa shape index (κ3) is 2.98. The van der Waals surface area contributed by atoms with Crippen LogP contribution < -0.4 is 5.43 Å². The highest BCUT2D eigenvalue weighted by Crippen LogP contribution is 2.35. The maximum absolute atomic E-state index is 12.7. The van der Waals surface area contributed by atoms with Crippen molar-refractivity contribution in [2.75, 3.05) is 0 Å². The molecular formula is C19H14ClN5O. The highest BCUT2D eigenvalue weighted by atomic mass is 35.5. The normalized spacial score (nSPS) is 11.3. The van der Waals surface area contributed by atoms with Gasteiger partial charge in [-0.15, -0.1) is 0 Å². The van der Waals surface area contributed by atoms with Gasteiger partial charge in [-0.25, -0.2) is 10.4 Å². The molecule has 1 amide bonds. The van der Waals surface area contributed by atoms with Crippen LogP contribution in [-0.2, 0) is 0 Å². The van der Waals surface area contributed by atoms with Crippen molar-refractivity contribution in [1.82, 2.24) is 20.4 Å². The van der Waals surface area contributed by atoms with Crippen molar-refractivity contribution >= 4 is 34.6 Å². The fourth-order valence-electron chi connectivity index (χ4n) is 2.81. The van der Waals surface area contributed by atoms with Crippen LogP contribution in [-0.4, -0.2) is 27.1 Å². The molecule has 0 aliphatic heterocycles. The first-order chi connectivity index (χ1) is 12.7. The lowest BCUT2D eigenvalue weighted by Gasteiger charge is -2.04. The highest BCUT2D eigenvalue weighted by Gasteiger charge is 2.20. The van der Waals surface area contributed by atoms with E-state index in [1.54, 1.807) is 12.3 Å². The molecule has 3 N–H and O–H groups in total. The number of hydrogen-bond acceptors (Lipinski definition) is 3. The zero-order valence-electron chi connectivity index (χ0n) is 13.5. The second-order valence-electron chi connectivity index (χ2n) is 5.61. The number of nitrogens with zero attached hydrogens (tertiary/aromatic N) is 2. The number of carbonyl (C=O) groups is 1. The Kier molecular flexibility index (Phi) is 4.25. The van der Waals surface area contributed by atoms with Crippen LogP contribution >= 0.6 is 11.6 Å². The minimum absolute atomic E-state index is 0.355. The first-order valence-electron chi connectivity index (χ1n) is 7.91. The average molecular weight is 364 g/mol. The maximum atomic E-state index is 12.7. The molecule has 128 valence electrons. The molecule has 2 heterocycles. The van der Waals surface area contributed by atoms with Gasteiger partial charge in [0, 0.05) is 10.9 Å². The summed E-state index contributed by atoms with van der Waals surface area (Å²) in [4.78, 5) is 22.6. The summed E-state index contributed by atoms with van der Waals surface area (Å²) in [5.41, 5.74) is 6.06. The summed E-state index contributed by atoms with van der Waals surface area (Å²) in [7, 11) is 0. The van der Waals surface area contributed by atoms with Crippen molar-refractivity contribution in [3.8, 4) is 11.1 Å². The molecule has 0 unspecified atom stereocenters. The van der Waals surface area contributed by atoms with Crippen LogP contribution in [0.1, 0.15) is 16.2 Å². The fourth-order valence-corrected chi connectivity index (χ4v) is 3.03. The first kappa shape index (κ1) is 16.1. The van der Waals surface area contributed by atoms with Crippen molar-refractivity contribution in [1.29, 1.82) is 0 Å². The number of carbonyl (C=O) groups excluding carboxylic acids is 1. The molecule has 4 aromatic rings. The van der Waals surface area contributed by atoms with Crippen LogP contribution in [0, 0.1) is 0 Å². The number of aromatic nitrogens is 3. The number of imidazole rings is 1. The first-order valence-corrected chi connectivity index (χ1v) is 8.29. The predicted molar refractivity (Wildman–Crippen MR) is 102 cm³/mol. The summed E-state index contributed by atoms with van der Waals surface area (Å²) in [6.07, 6.45) is 4.63. The van der Waals surface area contributed by atoms with E-state index in [4.69, 9.17) is 11.6 Å². The lowest BCUT2D eigenvalue weighted by atomic mass is 10.0. The zero-order valence-corrected chi connectivity index (χ0v) is 14.3. The third-order valence-corrected chi connectivity index (χ3v) is 4.28. The molecular weight excluding hydrogens is 350 g/mol. The summed E-state index contributed by atoms with van der Waals surface area (Å²) < 4.78 is 0. The summed E-state index contributed by atoms with van der Waals surface area (Å²) in [6.45, 7) is 0. The van der Waals surface area contributed by atoms with E-state index in [0.29, 0.717) is 16.4 Å². The van der Waals surface area contributed by atoms with E-state index in [0.717, 1.165) is 22.0 Å². The third-order valence-electron chi connectivity index (χ3n) is 3.96. The summed E-state index contributed by atoms with van der Waals surface area (Å²) >= 11 is 6.30. The minimum atomic E-state index is -0.355. The number of rotatable bonds is 4. The quantitative estimate of drug-likeness (QED) is 0.378. The second kappa shape index (κ2) is 6.85. The Balaban J connectivity index is 1.76. The molecule has 0 saturated heterocycles. The smallest absolute Gasteiger partial charge is 0.288 e. The lowest BCUT2D eigenvalue weighted by molar-refractivity contribution is 0.0951. The summed E-state index contributed by atoms with van der Waals surface area (Å²) in [5.74, 6) is -0.355. The molecule has 7 heteroatoms. The molecule has 26 heavy (non-hydrogen) atoms. The van der Waals surface area contributed by atoms with E-state index in [2.05, 4.69) is 25.5 Å². The van der Waals surface area contributed by atoms with Crippen molar-refractivity contribution in [3.63, 3.8) is 0 Å². The second-order valence-corrected chi connectivity index (χ2v) is 6.02. The Morgan fingerprint density at radius 2 is 2.00 bits per heavy atom. The van der Waals surface area contributed by atoms with Crippen LogP contribution in [0.3, 0.4) is 0 Å². The average Bonchev–Trinajstić information content (AvgIpc) is 3.30. The van der Waals surface area contributed by atoms with Gasteiger partial charge in [0.2, 0.25) is 0 Å².